The summed E-state index contributed by atoms with van der Waals surface area (Å²) >= 11 is 0. The maximum Gasteiger partial charge on any atom is 0.239 e. The van der Waals surface area contributed by atoms with Gasteiger partial charge in [-0.25, -0.2) is 8.78 Å². The fourth-order valence-corrected chi connectivity index (χ4v) is 0.509. The Bertz CT molecular complexity index is 242. The van der Waals surface area contributed by atoms with Gasteiger partial charge in [0.05, 0.1) is 12.4 Å². The Morgan fingerprint density at radius 2 is 1.80 bits per heavy atom. The smallest absolute Gasteiger partial charge is 0.239 e. The number of halogens is 2. The molecule has 1 aromatic heterocycles. The normalized spacial score (nSPS) is 9.40. The van der Waals surface area contributed by atoms with E-state index in [1.165, 1.54) is 0 Å². The molecule has 1 heterocycles. The minimum atomic E-state index is -0.991. The van der Waals surface area contributed by atoms with Gasteiger partial charge in [-0.3, -0.25) is 9.78 Å². The molecule has 1 rings (SSSR count). The second-order valence-electron chi connectivity index (χ2n) is 1.58. The van der Waals surface area contributed by atoms with Crippen LogP contribution in [0.5, 0.6) is 0 Å². The van der Waals surface area contributed by atoms with E-state index in [-0.39, 0.29) is 0 Å². The fraction of sp³-hybridized carbons (Fsp3) is 0. The largest absolute Gasteiger partial charge is 0.285 e. The molecule has 1 radical (unpaired) electrons. The highest BCUT2D eigenvalue weighted by Crippen LogP contribution is 2.05. The zero-order valence-corrected chi connectivity index (χ0v) is 4.77. The van der Waals surface area contributed by atoms with Gasteiger partial charge in [0.15, 0.2) is 11.6 Å². The molecule has 0 unspecified atom stereocenters. The van der Waals surface area contributed by atoms with Gasteiger partial charge in [-0.15, -0.1) is 0 Å². The highest BCUT2D eigenvalue weighted by Gasteiger charge is 2.07. The van der Waals surface area contributed by atoms with Crippen LogP contribution in [0.25, 0.3) is 0 Å². The Labute approximate surface area is 55.5 Å². The van der Waals surface area contributed by atoms with E-state index in [0.29, 0.717) is 0 Å². The standard InChI is InChI=1S/C6H2F2NO/c7-5-1-9-2-6(8)4(5)3-10/h1-2H. The molecule has 1 aromatic rings. The number of hydrogen-bond acceptors (Lipinski definition) is 2. The van der Waals surface area contributed by atoms with Crippen molar-refractivity contribution in [3.63, 3.8) is 0 Å². The molecule has 0 saturated carbocycles. The van der Waals surface area contributed by atoms with Crippen LogP contribution in [0.15, 0.2) is 12.4 Å². The monoisotopic (exact) mass is 142 g/mol. The van der Waals surface area contributed by atoms with E-state index in [0.717, 1.165) is 18.7 Å². The van der Waals surface area contributed by atoms with Crippen LogP contribution in [0.4, 0.5) is 8.78 Å². The van der Waals surface area contributed by atoms with E-state index in [9.17, 15) is 13.6 Å². The maximum atomic E-state index is 12.3. The second-order valence-corrected chi connectivity index (χ2v) is 1.58. The molecule has 0 spiro atoms. The minimum Gasteiger partial charge on any atom is -0.285 e. The van der Waals surface area contributed by atoms with E-state index in [1.807, 2.05) is 0 Å². The summed E-state index contributed by atoms with van der Waals surface area (Å²) in [5.41, 5.74) is -0.699. The number of aromatic nitrogens is 1. The van der Waals surface area contributed by atoms with Crippen LogP contribution in [0, 0.1) is 11.6 Å². The third-order valence-electron chi connectivity index (χ3n) is 0.955. The highest BCUT2D eigenvalue weighted by molar-refractivity contribution is 5.75. The van der Waals surface area contributed by atoms with E-state index in [1.54, 1.807) is 0 Å². The Hall–Kier alpha value is -1.32. The predicted molar refractivity (Wildman–Crippen MR) is 28.9 cm³/mol. The zero-order valence-electron chi connectivity index (χ0n) is 4.77. The number of hydrogen-bond donors (Lipinski definition) is 0. The lowest BCUT2D eigenvalue weighted by Crippen LogP contribution is -1.94. The first kappa shape index (κ1) is 6.80. The van der Waals surface area contributed by atoms with Crippen molar-refractivity contribution in [2.45, 2.75) is 0 Å². The second kappa shape index (κ2) is 2.51. The molecule has 4 heteroatoms. The highest BCUT2D eigenvalue weighted by atomic mass is 19.1. The minimum absolute atomic E-state index is 0.699. The van der Waals surface area contributed by atoms with Crippen molar-refractivity contribution in [3.05, 3.63) is 29.6 Å². The van der Waals surface area contributed by atoms with Crippen LogP contribution in [-0.4, -0.2) is 11.3 Å². The molecule has 0 aromatic carbocycles. The van der Waals surface area contributed by atoms with E-state index in [2.05, 4.69) is 4.98 Å². The zero-order chi connectivity index (χ0) is 7.56. The van der Waals surface area contributed by atoms with E-state index < -0.39 is 17.2 Å². The summed E-state index contributed by atoms with van der Waals surface area (Å²) in [6.07, 6.45) is 2.63. The molecule has 51 valence electrons. The Balaban J connectivity index is 3.30. The fourth-order valence-electron chi connectivity index (χ4n) is 0.509. The van der Waals surface area contributed by atoms with Gasteiger partial charge in [0.1, 0.15) is 5.56 Å². The molecule has 0 amide bonds. The molecular weight excluding hydrogens is 140 g/mol. The number of rotatable bonds is 1. The quantitative estimate of drug-likeness (QED) is 0.581. The third-order valence-corrected chi connectivity index (χ3v) is 0.955. The van der Waals surface area contributed by atoms with Gasteiger partial charge in [0.2, 0.25) is 6.29 Å². The summed E-state index contributed by atoms with van der Waals surface area (Å²) in [6, 6.07) is 0. The van der Waals surface area contributed by atoms with Crippen LogP contribution < -0.4 is 0 Å². The molecule has 0 N–H and O–H groups in total. The number of carbonyl (C=O) groups excluding carboxylic acids is 1. The SMILES string of the molecule is O=[C]c1c(F)cncc1F. The molecule has 0 bridgehead atoms. The summed E-state index contributed by atoms with van der Waals surface area (Å²) in [5, 5.41) is 0. The van der Waals surface area contributed by atoms with Crippen LogP contribution in [0.1, 0.15) is 5.56 Å². The molecule has 0 fully saturated rings. The molecule has 0 saturated heterocycles. The van der Waals surface area contributed by atoms with Crippen molar-refractivity contribution < 1.29 is 13.6 Å². The van der Waals surface area contributed by atoms with Crippen molar-refractivity contribution in [2.24, 2.45) is 0 Å². The summed E-state index contributed by atoms with van der Waals surface area (Å²) in [6.45, 7) is 0. The Morgan fingerprint density at radius 3 is 2.10 bits per heavy atom. The Kier molecular flexibility index (Phi) is 1.71. The molecule has 0 aliphatic heterocycles. The molecular formula is C6H2F2NO. The van der Waals surface area contributed by atoms with Gasteiger partial charge >= 0.3 is 0 Å². The van der Waals surface area contributed by atoms with Crippen LogP contribution in [-0.2, 0) is 4.79 Å². The first-order valence-electron chi connectivity index (χ1n) is 2.43. The summed E-state index contributed by atoms with van der Waals surface area (Å²) in [4.78, 5) is 13.0. The third kappa shape index (κ3) is 1.00. The van der Waals surface area contributed by atoms with Crippen LogP contribution in [0.3, 0.4) is 0 Å². The van der Waals surface area contributed by atoms with Crippen molar-refractivity contribution >= 4 is 6.29 Å². The lowest BCUT2D eigenvalue weighted by molar-refractivity contribution is 0.538. The molecule has 0 aliphatic carbocycles. The average molecular weight is 142 g/mol. The van der Waals surface area contributed by atoms with Gasteiger partial charge in [-0.1, -0.05) is 0 Å². The van der Waals surface area contributed by atoms with Gasteiger partial charge in [0, 0.05) is 0 Å². The van der Waals surface area contributed by atoms with E-state index >= 15 is 0 Å². The average Bonchev–Trinajstić information content (AvgIpc) is 1.88. The summed E-state index contributed by atoms with van der Waals surface area (Å²) in [7, 11) is 0. The van der Waals surface area contributed by atoms with Gasteiger partial charge in [-0.2, -0.15) is 0 Å². The first-order valence-corrected chi connectivity index (χ1v) is 2.43. The predicted octanol–water partition coefficient (Wildman–Crippen LogP) is 0.818. The Morgan fingerprint density at radius 1 is 1.30 bits per heavy atom. The van der Waals surface area contributed by atoms with Gasteiger partial charge < -0.3 is 0 Å². The first-order chi connectivity index (χ1) is 4.75. The molecule has 0 atom stereocenters. The summed E-state index contributed by atoms with van der Waals surface area (Å²) in [5.74, 6) is -1.98. The lowest BCUT2D eigenvalue weighted by Gasteiger charge is -1.91. The molecule has 10 heavy (non-hydrogen) atoms. The molecule has 2 nitrogen and oxygen atoms in total. The van der Waals surface area contributed by atoms with Crippen molar-refractivity contribution in [1.29, 1.82) is 0 Å². The maximum absolute atomic E-state index is 12.3. The van der Waals surface area contributed by atoms with Crippen LogP contribution >= 0.6 is 0 Å². The summed E-state index contributed by atoms with van der Waals surface area (Å²) < 4.78 is 24.6. The van der Waals surface area contributed by atoms with Crippen molar-refractivity contribution in [1.82, 2.24) is 4.98 Å². The van der Waals surface area contributed by atoms with E-state index in [4.69, 9.17) is 0 Å². The molecule has 0 aliphatic rings. The van der Waals surface area contributed by atoms with Gasteiger partial charge in [0.25, 0.3) is 0 Å². The van der Waals surface area contributed by atoms with Crippen molar-refractivity contribution in [2.75, 3.05) is 0 Å². The number of pyridine rings is 1. The van der Waals surface area contributed by atoms with Crippen molar-refractivity contribution in [3.8, 4) is 0 Å². The van der Waals surface area contributed by atoms with Crippen LogP contribution in [0.2, 0.25) is 0 Å². The number of nitrogens with zero attached hydrogens (tertiary/aromatic N) is 1. The lowest BCUT2D eigenvalue weighted by atomic mass is 10.3. The topological polar surface area (TPSA) is 30.0 Å². The van der Waals surface area contributed by atoms with Gasteiger partial charge in [-0.05, 0) is 0 Å².